The van der Waals surface area contributed by atoms with Gasteiger partial charge in [-0.2, -0.15) is 0 Å². The molecule has 2 aromatic heterocycles. The first-order chi connectivity index (χ1) is 15.1. The summed E-state index contributed by atoms with van der Waals surface area (Å²) in [5.74, 6) is 0.530. The molecule has 0 radical (unpaired) electrons. The van der Waals surface area contributed by atoms with Crippen molar-refractivity contribution in [1.29, 1.82) is 0 Å². The van der Waals surface area contributed by atoms with Crippen LogP contribution in [0.25, 0.3) is 5.65 Å². The second-order valence-corrected chi connectivity index (χ2v) is 8.38. The summed E-state index contributed by atoms with van der Waals surface area (Å²) < 4.78 is 8.02. The van der Waals surface area contributed by atoms with Crippen molar-refractivity contribution in [2.24, 2.45) is 0 Å². The molecule has 1 aromatic carbocycles. The fourth-order valence-electron chi connectivity index (χ4n) is 4.15. The summed E-state index contributed by atoms with van der Waals surface area (Å²) in [6.07, 6.45) is 8.42. The highest BCUT2D eigenvalue weighted by atomic mass is 16.5. The van der Waals surface area contributed by atoms with E-state index < -0.39 is 0 Å². The lowest BCUT2D eigenvalue weighted by molar-refractivity contribution is 0.0906. The molecule has 31 heavy (non-hydrogen) atoms. The monoisotopic (exact) mass is 420 g/mol. The minimum absolute atomic E-state index is 0.0616. The molecule has 6 heteroatoms. The van der Waals surface area contributed by atoms with E-state index in [2.05, 4.69) is 22.1 Å². The molecule has 0 unspecified atom stereocenters. The number of unbranched alkanes of at least 4 members (excludes halogenated alkanes) is 1. The van der Waals surface area contributed by atoms with Gasteiger partial charge in [-0.1, -0.05) is 31.5 Å². The summed E-state index contributed by atoms with van der Waals surface area (Å²) in [4.78, 5) is 20.1. The molecule has 3 aromatic rings. The van der Waals surface area contributed by atoms with Crippen LogP contribution in [0, 0.1) is 6.92 Å². The van der Waals surface area contributed by atoms with Gasteiger partial charge in [0.2, 0.25) is 0 Å². The maximum absolute atomic E-state index is 13.0. The minimum Gasteiger partial charge on any atom is -0.486 e. The highest BCUT2D eigenvalue weighted by Gasteiger charge is 2.22. The predicted octanol–water partition coefficient (Wildman–Crippen LogP) is 4.22. The molecule has 1 saturated heterocycles. The quantitative estimate of drug-likeness (QED) is 0.593. The van der Waals surface area contributed by atoms with Crippen LogP contribution in [0.3, 0.4) is 0 Å². The number of fused-ring (bicyclic) bond motifs is 1. The Kier molecular flexibility index (Phi) is 6.87. The van der Waals surface area contributed by atoms with Crippen LogP contribution in [-0.4, -0.2) is 45.9 Å². The van der Waals surface area contributed by atoms with Crippen molar-refractivity contribution in [1.82, 2.24) is 19.6 Å². The number of likely N-dealkylation sites (tertiary alicyclic amines) is 1. The Morgan fingerprint density at radius 2 is 2.00 bits per heavy atom. The van der Waals surface area contributed by atoms with Crippen LogP contribution in [-0.2, 0) is 6.61 Å². The topological polar surface area (TPSA) is 58.9 Å². The average Bonchev–Trinajstić information content (AvgIpc) is 3.22. The van der Waals surface area contributed by atoms with Gasteiger partial charge >= 0.3 is 0 Å². The van der Waals surface area contributed by atoms with Crippen LogP contribution in [0.5, 0.6) is 5.75 Å². The van der Waals surface area contributed by atoms with Gasteiger partial charge in [0.15, 0.2) is 0 Å². The van der Waals surface area contributed by atoms with Gasteiger partial charge < -0.3 is 19.4 Å². The van der Waals surface area contributed by atoms with Gasteiger partial charge in [-0.15, -0.1) is 0 Å². The highest BCUT2D eigenvalue weighted by molar-refractivity contribution is 5.97. The van der Waals surface area contributed by atoms with Crippen LogP contribution in [0.1, 0.15) is 54.2 Å². The first kappa shape index (κ1) is 21.4. The molecule has 1 aliphatic heterocycles. The molecular weight excluding hydrogens is 388 g/mol. The maximum Gasteiger partial charge on any atom is 0.255 e. The van der Waals surface area contributed by atoms with Crippen molar-refractivity contribution in [3.8, 4) is 5.75 Å². The summed E-state index contributed by atoms with van der Waals surface area (Å²) in [5, 5.41) is 3.21. The van der Waals surface area contributed by atoms with E-state index in [0.29, 0.717) is 17.9 Å². The number of para-hydroxylation sites is 1. The third-order valence-corrected chi connectivity index (χ3v) is 5.99. The zero-order chi connectivity index (χ0) is 21.6. The fourth-order valence-corrected chi connectivity index (χ4v) is 4.15. The van der Waals surface area contributed by atoms with Crippen molar-refractivity contribution in [2.45, 2.75) is 52.2 Å². The van der Waals surface area contributed by atoms with Crippen molar-refractivity contribution >= 4 is 11.6 Å². The number of hydrogen-bond donors (Lipinski definition) is 1. The molecule has 0 atom stereocenters. The van der Waals surface area contributed by atoms with Crippen molar-refractivity contribution in [3.63, 3.8) is 0 Å². The van der Waals surface area contributed by atoms with Gasteiger partial charge in [-0.05, 0) is 56.5 Å². The minimum atomic E-state index is -0.0616. The van der Waals surface area contributed by atoms with Crippen LogP contribution >= 0.6 is 0 Å². The van der Waals surface area contributed by atoms with E-state index in [0.717, 1.165) is 49.4 Å². The molecule has 0 saturated carbocycles. The van der Waals surface area contributed by atoms with Gasteiger partial charge in [0, 0.05) is 31.5 Å². The Bertz CT molecular complexity index is 1020. The Hall–Kier alpha value is -2.86. The second-order valence-electron chi connectivity index (χ2n) is 8.38. The van der Waals surface area contributed by atoms with Crippen molar-refractivity contribution in [3.05, 3.63) is 65.6 Å². The summed E-state index contributed by atoms with van der Waals surface area (Å²) in [7, 11) is 0. The van der Waals surface area contributed by atoms with Crippen LogP contribution in [0.4, 0.5) is 0 Å². The molecule has 1 N–H and O–H groups in total. The SMILES string of the molecule is CCCCN1CCC(NC(=O)c2ccccc2OCc2cn3cccc(C)c3n2)CC1. The number of carbonyl (C=O) groups excluding carboxylic acids is 1. The average molecular weight is 421 g/mol. The lowest BCUT2D eigenvalue weighted by atomic mass is 10.0. The van der Waals surface area contributed by atoms with Gasteiger partial charge in [0.25, 0.3) is 5.91 Å². The number of nitrogens with zero attached hydrogens (tertiary/aromatic N) is 3. The van der Waals surface area contributed by atoms with Crippen LogP contribution in [0.2, 0.25) is 0 Å². The van der Waals surface area contributed by atoms with Crippen LogP contribution < -0.4 is 10.1 Å². The smallest absolute Gasteiger partial charge is 0.255 e. The normalized spacial score (nSPS) is 15.3. The number of nitrogens with one attached hydrogen (secondary N) is 1. The number of ether oxygens (including phenoxy) is 1. The Balaban J connectivity index is 1.36. The number of pyridine rings is 1. The number of piperidine rings is 1. The van der Waals surface area contributed by atoms with E-state index in [-0.39, 0.29) is 11.9 Å². The molecule has 0 aliphatic carbocycles. The Labute approximate surface area is 184 Å². The predicted molar refractivity (Wildman–Crippen MR) is 123 cm³/mol. The summed E-state index contributed by atoms with van der Waals surface area (Å²) in [5.41, 5.74) is 3.46. The molecule has 0 bridgehead atoms. The number of hydrogen-bond acceptors (Lipinski definition) is 4. The number of rotatable bonds is 8. The van der Waals surface area contributed by atoms with Gasteiger partial charge in [0.1, 0.15) is 18.0 Å². The number of amides is 1. The van der Waals surface area contributed by atoms with E-state index in [9.17, 15) is 4.79 Å². The first-order valence-electron chi connectivity index (χ1n) is 11.3. The first-order valence-corrected chi connectivity index (χ1v) is 11.3. The van der Waals surface area contributed by atoms with E-state index in [4.69, 9.17) is 4.74 Å². The van der Waals surface area contributed by atoms with Gasteiger partial charge in [-0.25, -0.2) is 4.98 Å². The summed E-state index contributed by atoms with van der Waals surface area (Å²) in [6, 6.07) is 11.7. The number of aromatic nitrogens is 2. The largest absolute Gasteiger partial charge is 0.486 e. The molecule has 1 amide bonds. The molecule has 164 valence electrons. The van der Waals surface area contributed by atoms with Crippen LogP contribution in [0.15, 0.2) is 48.8 Å². The molecule has 4 rings (SSSR count). The summed E-state index contributed by atoms with van der Waals surface area (Å²) in [6.45, 7) is 7.86. The van der Waals surface area contributed by atoms with E-state index in [1.54, 1.807) is 0 Å². The number of imidazole rings is 1. The molecule has 3 heterocycles. The number of carbonyl (C=O) groups is 1. The zero-order valence-electron chi connectivity index (χ0n) is 18.5. The maximum atomic E-state index is 13.0. The van der Waals surface area contributed by atoms with Crippen molar-refractivity contribution in [2.75, 3.05) is 19.6 Å². The Morgan fingerprint density at radius 3 is 2.77 bits per heavy atom. The highest BCUT2D eigenvalue weighted by Crippen LogP contribution is 2.21. The molecule has 1 aliphatic rings. The summed E-state index contributed by atoms with van der Waals surface area (Å²) >= 11 is 0. The van der Waals surface area contributed by atoms with Crippen molar-refractivity contribution < 1.29 is 9.53 Å². The number of aryl methyl sites for hydroxylation is 1. The molecule has 1 fully saturated rings. The van der Waals surface area contributed by atoms with Gasteiger partial charge in [0.05, 0.1) is 11.3 Å². The van der Waals surface area contributed by atoms with E-state index >= 15 is 0 Å². The van der Waals surface area contributed by atoms with Gasteiger partial charge in [-0.3, -0.25) is 4.79 Å². The molecule has 0 spiro atoms. The third kappa shape index (κ3) is 5.25. The Morgan fingerprint density at radius 1 is 1.19 bits per heavy atom. The molecule has 6 nitrogen and oxygen atoms in total. The van der Waals surface area contributed by atoms with E-state index in [1.165, 1.54) is 12.8 Å². The number of benzene rings is 1. The second kappa shape index (κ2) is 9.96. The lowest BCUT2D eigenvalue weighted by Gasteiger charge is -2.32. The van der Waals surface area contributed by atoms with E-state index in [1.807, 2.05) is 60.1 Å². The molecular formula is C25H32N4O2. The standard InChI is InChI=1S/C25H32N4O2/c1-3-4-13-28-15-11-20(12-16-28)27-25(30)22-9-5-6-10-23(22)31-18-21-17-29-14-7-8-19(2)24(29)26-21/h5-10,14,17,20H,3-4,11-13,15-16,18H2,1-2H3,(H,27,30). The zero-order valence-corrected chi connectivity index (χ0v) is 18.5. The fraction of sp³-hybridized carbons (Fsp3) is 0.440. The lowest BCUT2D eigenvalue weighted by Crippen LogP contribution is -2.44. The third-order valence-electron chi connectivity index (χ3n) is 5.99.